The summed E-state index contributed by atoms with van der Waals surface area (Å²) in [5.41, 5.74) is -1.28. The van der Waals surface area contributed by atoms with Crippen LogP contribution < -0.4 is 14.9 Å². The number of carbonyl (C=O) groups excluding carboxylic acids is 1. The van der Waals surface area contributed by atoms with Crippen LogP contribution in [0, 0.1) is 11.6 Å². The van der Waals surface area contributed by atoms with Crippen molar-refractivity contribution in [2.75, 3.05) is 36.1 Å². The van der Waals surface area contributed by atoms with E-state index in [0.717, 1.165) is 0 Å². The van der Waals surface area contributed by atoms with Crippen molar-refractivity contribution in [3.8, 4) is 0 Å². The first kappa shape index (κ1) is 24.3. The van der Waals surface area contributed by atoms with E-state index in [9.17, 15) is 27.1 Å². The second-order valence-electron chi connectivity index (χ2n) is 8.70. The number of amides is 1. The fourth-order valence-corrected chi connectivity index (χ4v) is 5.25. The van der Waals surface area contributed by atoms with Crippen LogP contribution in [0.4, 0.5) is 20.2 Å². The third kappa shape index (κ3) is 4.03. The van der Waals surface area contributed by atoms with E-state index in [4.69, 9.17) is 9.88 Å². The van der Waals surface area contributed by atoms with Crippen molar-refractivity contribution in [1.82, 2.24) is 0 Å². The first-order chi connectivity index (χ1) is 17.1. The molecular weight excluding hydrogens is 492 g/mol. The lowest BCUT2D eigenvalue weighted by atomic mass is 9.87. The number of morpholine rings is 1. The van der Waals surface area contributed by atoms with Crippen LogP contribution in [0.2, 0.25) is 0 Å². The van der Waals surface area contributed by atoms with E-state index < -0.39 is 33.2 Å². The molecule has 1 atom stereocenters. The number of benzene rings is 3. The maximum atomic E-state index is 15.0. The lowest BCUT2D eigenvalue weighted by molar-refractivity contribution is -0.132. The largest absolute Gasteiger partial charge is 0.378 e. The quantitative estimate of drug-likeness (QED) is 0.539. The van der Waals surface area contributed by atoms with Gasteiger partial charge in [-0.2, -0.15) is 0 Å². The summed E-state index contributed by atoms with van der Waals surface area (Å²) in [5, 5.41) is 16.8. The van der Waals surface area contributed by atoms with Crippen LogP contribution >= 0.6 is 0 Å². The highest BCUT2D eigenvalue weighted by atomic mass is 32.2. The van der Waals surface area contributed by atoms with Crippen LogP contribution in [0.1, 0.15) is 16.7 Å². The molecule has 3 N–H and O–H groups in total. The Morgan fingerprint density at radius 2 is 1.61 bits per heavy atom. The minimum absolute atomic E-state index is 0.134. The molecule has 0 aliphatic carbocycles. The highest BCUT2D eigenvalue weighted by Gasteiger charge is 2.51. The number of hydrogen-bond donors (Lipinski definition) is 2. The molecule has 36 heavy (non-hydrogen) atoms. The Hall–Kier alpha value is -3.38. The Kier molecular flexibility index (Phi) is 6.03. The molecule has 1 unspecified atom stereocenters. The Balaban J connectivity index is 1.50. The van der Waals surface area contributed by atoms with Crippen molar-refractivity contribution in [3.63, 3.8) is 0 Å². The highest BCUT2D eigenvalue weighted by Crippen LogP contribution is 2.45. The Labute approximate surface area is 206 Å². The van der Waals surface area contributed by atoms with Crippen LogP contribution in [0.3, 0.4) is 0 Å². The number of primary sulfonamides is 1. The van der Waals surface area contributed by atoms with Crippen molar-refractivity contribution >= 4 is 27.3 Å². The molecule has 188 valence electrons. The molecule has 1 saturated heterocycles. The van der Waals surface area contributed by atoms with E-state index in [2.05, 4.69) is 0 Å². The van der Waals surface area contributed by atoms with E-state index in [-0.39, 0.29) is 33.8 Å². The van der Waals surface area contributed by atoms with E-state index in [1.807, 2.05) is 0 Å². The van der Waals surface area contributed by atoms with Gasteiger partial charge in [0.05, 0.1) is 30.3 Å². The molecule has 1 fully saturated rings. The van der Waals surface area contributed by atoms with Gasteiger partial charge in [0.25, 0.3) is 5.91 Å². The number of rotatable bonds is 5. The van der Waals surface area contributed by atoms with E-state index in [1.54, 1.807) is 29.2 Å². The maximum Gasteiger partial charge on any atom is 0.268 e. The molecule has 1 amide bonds. The van der Waals surface area contributed by atoms with Crippen LogP contribution in [0.5, 0.6) is 0 Å². The number of anilines is 2. The molecule has 2 aliphatic heterocycles. The van der Waals surface area contributed by atoms with Gasteiger partial charge in [0.15, 0.2) is 5.60 Å². The summed E-state index contributed by atoms with van der Waals surface area (Å²) in [6.07, 6.45) is 0. The summed E-state index contributed by atoms with van der Waals surface area (Å²) in [6.45, 7) is 1.28. The second kappa shape index (κ2) is 8.93. The molecule has 3 aromatic rings. The molecule has 8 nitrogen and oxygen atoms in total. The van der Waals surface area contributed by atoms with Gasteiger partial charge in [-0.15, -0.1) is 0 Å². The molecule has 0 radical (unpaired) electrons. The highest BCUT2D eigenvalue weighted by molar-refractivity contribution is 7.89. The molecule has 0 bridgehead atoms. The fraction of sp³-hybridized carbons (Fsp3) is 0.240. The van der Waals surface area contributed by atoms with Gasteiger partial charge in [0.2, 0.25) is 10.0 Å². The normalized spacial score (nSPS) is 20.1. The van der Waals surface area contributed by atoms with E-state index in [0.29, 0.717) is 32.0 Å². The van der Waals surface area contributed by atoms with Gasteiger partial charge in [0.1, 0.15) is 17.3 Å². The minimum atomic E-state index is -3.97. The molecule has 0 aromatic heterocycles. The minimum Gasteiger partial charge on any atom is -0.378 e. The van der Waals surface area contributed by atoms with Crippen molar-refractivity contribution in [3.05, 3.63) is 89.0 Å². The number of sulfonamides is 1. The predicted octanol–water partition coefficient (Wildman–Crippen LogP) is 2.23. The van der Waals surface area contributed by atoms with E-state index in [1.165, 1.54) is 41.3 Å². The van der Waals surface area contributed by atoms with E-state index >= 15 is 0 Å². The Morgan fingerprint density at radius 1 is 1.00 bits per heavy atom. The number of nitrogens with zero attached hydrogens (tertiary/aromatic N) is 2. The van der Waals surface area contributed by atoms with Gasteiger partial charge >= 0.3 is 0 Å². The molecule has 0 spiro atoms. The van der Waals surface area contributed by atoms with Gasteiger partial charge in [-0.1, -0.05) is 30.3 Å². The summed E-state index contributed by atoms with van der Waals surface area (Å²) in [4.78, 5) is 16.2. The monoisotopic (exact) mass is 515 g/mol. The standard InChI is InChI=1S/C25H23F2N3O5S/c26-20-13-16(14-21(27)23(20)29-9-11-35-12-10-29)15-30-22-4-2-1-3-19(22)25(32,24(30)31)17-5-7-18(8-6-17)36(28,33)34/h1-8,13-14,32H,9-12,15H2,(H2,28,33,34). The summed E-state index contributed by atoms with van der Waals surface area (Å²) in [7, 11) is -3.97. The van der Waals surface area contributed by atoms with Gasteiger partial charge in [-0.05, 0) is 41.5 Å². The number of nitrogens with two attached hydrogens (primary N) is 1. The second-order valence-corrected chi connectivity index (χ2v) is 10.3. The SMILES string of the molecule is NS(=O)(=O)c1ccc(C2(O)C(=O)N(Cc3cc(F)c(N4CCOCC4)c(F)c3)c3ccccc32)cc1. The topological polar surface area (TPSA) is 113 Å². The first-order valence-corrected chi connectivity index (χ1v) is 12.7. The number of fused-ring (bicyclic) bond motifs is 1. The summed E-state index contributed by atoms with van der Waals surface area (Å²) >= 11 is 0. The molecule has 2 heterocycles. The molecule has 11 heteroatoms. The van der Waals surface area contributed by atoms with Crippen molar-refractivity contribution in [1.29, 1.82) is 0 Å². The molecule has 2 aliphatic rings. The number of para-hydroxylation sites is 1. The zero-order valence-corrected chi connectivity index (χ0v) is 19.8. The lowest BCUT2D eigenvalue weighted by Crippen LogP contribution is -2.41. The van der Waals surface area contributed by atoms with Crippen LogP contribution in [-0.2, 0) is 31.7 Å². The van der Waals surface area contributed by atoms with Gasteiger partial charge < -0.3 is 19.6 Å². The molecule has 0 saturated carbocycles. The lowest BCUT2D eigenvalue weighted by Gasteiger charge is -2.29. The molecule has 3 aromatic carbocycles. The Morgan fingerprint density at radius 3 is 2.22 bits per heavy atom. The summed E-state index contributed by atoms with van der Waals surface area (Å²) in [6, 6.07) is 13.9. The van der Waals surface area contributed by atoms with Crippen LogP contribution in [0.25, 0.3) is 0 Å². The Bertz CT molecular complexity index is 1420. The first-order valence-electron chi connectivity index (χ1n) is 11.2. The van der Waals surface area contributed by atoms with Crippen LogP contribution in [0.15, 0.2) is 65.6 Å². The zero-order valence-electron chi connectivity index (χ0n) is 19.0. The average molecular weight is 516 g/mol. The molecular formula is C25H23F2N3O5S. The number of ether oxygens (including phenoxy) is 1. The predicted molar refractivity (Wildman–Crippen MR) is 128 cm³/mol. The number of carbonyl (C=O) groups is 1. The summed E-state index contributed by atoms with van der Waals surface area (Å²) < 4.78 is 58.4. The third-order valence-electron chi connectivity index (χ3n) is 6.48. The number of aliphatic hydroxyl groups is 1. The van der Waals surface area contributed by atoms with Crippen LogP contribution in [-0.4, -0.2) is 45.7 Å². The van der Waals surface area contributed by atoms with Crippen molar-refractivity contribution < 1.29 is 31.8 Å². The van der Waals surface area contributed by atoms with Gasteiger partial charge in [-0.25, -0.2) is 22.3 Å². The van der Waals surface area contributed by atoms with Gasteiger partial charge in [0, 0.05) is 18.7 Å². The zero-order chi connectivity index (χ0) is 25.7. The number of halogens is 2. The van der Waals surface area contributed by atoms with Crippen molar-refractivity contribution in [2.45, 2.75) is 17.0 Å². The van der Waals surface area contributed by atoms with Gasteiger partial charge in [-0.3, -0.25) is 4.79 Å². The average Bonchev–Trinajstić information content (AvgIpc) is 3.07. The number of hydrogen-bond acceptors (Lipinski definition) is 6. The molecule has 5 rings (SSSR count). The summed E-state index contributed by atoms with van der Waals surface area (Å²) in [5.74, 6) is -2.23. The van der Waals surface area contributed by atoms with Crippen molar-refractivity contribution in [2.24, 2.45) is 5.14 Å². The smallest absolute Gasteiger partial charge is 0.268 e. The third-order valence-corrected chi connectivity index (χ3v) is 7.41. The fourth-order valence-electron chi connectivity index (χ4n) is 4.74. The maximum absolute atomic E-state index is 15.0.